The zero-order chi connectivity index (χ0) is 8.97. The first-order chi connectivity index (χ1) is 5.74. The maximum atomic E-state index is 5.47. The fourth-order valence-electron chi connectivity index (χ4n) is 1.20. The van der Waals surface area contributed by atoms with E-state index < -0.39 is 0 Å². The fraction of sp³-hybridized carbons (Fsp3) is 0.300. The minimum absolute atomic E-state index is 0.396. The zero-order valence-corrected chi connectivity index (χ0v) is 7.38. The third-order valence-electron chi connectivity index (χ3n) is 1.80. The van der Waals surface area contributed by atoms with Crippen molar-refractivity contribution in [2.75, 3.05) is 0 Å². The minimum atomic E-state index is 0.396. The van der Waals surface area contributed by atoms with Crippen LogP contribution in [0.4, 0.5) is 0 Å². The molecule has 2 heteroatoms. The number of nitrogens with two attached hydrogens (primary N) is 2. The molecule has 0 aliphatic rings. The molecule has 1 aromatic carbocycles. The molecule has 0 aromatic heterocycles. The summed E-state index contributed by atoms with van der Waals surface area (Å²) in [5.41, 5.74) is 7.70. The van der Waals surface area contributed by atoms with Crippen molar-refractivity contribution in [1.82, 2.24) is 0 Å². The average molecular weight is 163 g/mol. The Morgan fingerprint density at radius 3 is 2.83 bits per heavy atom. The normalized spacial score (nSPS) is 9.75. The topological polar surface area (TPSA) is 51.6 Å². The van der Waals surface area contributed by atoms with Crippen LogP contribution in [0.15, 0.2) is 24.3 Å². The number of amidine groups is 1. The van der Waals surface area contributed by atoms with E-state index in [4.69, 9.17) is 11.1 Å². The average Bonchev–Trinajstić information content (AvgIpc) is 2.05. The van der Waals surface area contributed by atoms with Crippen LogP contribution in [0.3, 0.4) is 0 Å². The van der Waals surface area contributed by atoms with Gasteiger partial charge in [-0.3, -0.25) is 11.1 Å². The van der Waals surface area contributed by atoms with Gasteiger partial charge in [0, 0.05) is 0 Å². The van der Waals surface area contributed by atoms with Gasteiger partial charge >= 0.3 is 0 Å². The molecule has 0 saturated carbocycles. The smallest absolute Gasteiger partial charge is 0.270 e. The first kappa shape index (κ1) is 8.78. The molecule has 0 unspecified atom stereocenters. The molecule has 0 fully saturated rings. The van der Waals surface area contributed by atoms with Crippen molar-refractivity contribution < 1.29 is 5.41 Å². The van der Waals surface area contributed by atoms with Gasteiger partial charge in [-0.05, 0) is 24.1 Å². The van der Waals surface area contributed by atoms with Crippen LogP contribution in [-0.4, -0.2) is 5.84 Å². The number of hydrogen-bond acceptors (Lipinski definition) is 0. The van der Waals surface area contributed by atoms with Crippen molar-refractivity contribution in [3.63, 3.8) is 0 Å². The van der Waals surface area contributed by atoms with Gasteiger partial charge in [0.15, 0.2) is 0 Å². The summed E-state index contributed by atoms with van der Waals surface area (Å²) in [5.74, 6) is 0.396. The molecule has 0 spiro atoms. The molecule has 1 aromatic rings. The number of rotatable bonds is 3. The van der Waals surface area contributed by atoms with Crippen LogP contribution in [-0.2, 0) is 6.42 Å². The van der Waals surface area contributed by atoms with Crippen LogP contribution in [0.5, 0.6) is 0 Å². The standard InChI is InChI=1S/C10H14N2/c1-2-4-8-5-3-6-9(7-8)10(11)12/h3,5-7H,2,4H2,1H3,(H3,11,12)/p+1. The molecule has 0 atom stereocenters. The molecule has 0 saturated heterocycles. The van der Waals surface area contributed by atoms with Gasteiger partial charge in [-0.15, -0.1) is 0 Å². The molecule has 0 amide bonds. The van der Waals surface area contributed by atoms with E-state index in [0.29, 0.717) is 5.84 Å². The van der Waals surface area contributed by atoms with Gasteiger partial charge in [0.25, 0.3) is 5.84 Å². The van der Waals surface area contributed by atoms with E-state index in [-0.39, 0.29) is 0 Å². The van der Waals surface area contributed by atoms with Crippen molar-refractivity contribution in [1.29, 1.82) is 0 Å². The van der Waals surface area contributed by atoms with Gasteiger partial charge in [-0.1, -0.05) is 25.5 Å². The van der Waals surface area contributed by atoms with Gasteiger partial charge in [-0.25, -0.2) is 0 Å². The Balaban J connectivity index is 2.88. The third kappa shape index (κ3) is 2.09. The van der Waals surface area contributed by atoms with Crippen LogP contribution in [0, 0.1) is 0 Å². The van der Waals surface area contributed by atoms with Gasteiger partial charge in [0.2, 0.25) is 0 Å². The van der Waals surface area contributed by atoms with Crippen LogP contribution in [0.25, 0.3) is 0 Å². The number of benzene rings is 1. The molecule has 64 valence electrons. The van der Waals surface area contributed by atoms with Gasteiger partial charge in [-0.2, -0.15) is 0 Å². The molecule has 0 radical (unpaired) electrons. The van der Waals surface area contributed by atoms with Crippen LogP contribution >= 0.6 is 0 Å². The highest BCUT2D eigenvalue weighted by molar-refractivity contribution is 5.92. The first-order valence-corrected chi connectivity index (χ1v) is 4.21. The van der Waals surface area contributed by atoms with Crippen molar-refractivity contribution in [2.45, 2.75) is 19.8 Å². The quantitative estimate of drug-likeness (QED) is 0.482. The lowest BCUT2D eigenvalue weighted by molar-refractivity contribution is -0.114. The molecule has 1 rings (SSSR count). The Labute approximate surface area is 72.9 Å². The molecular formula is C10H15N2+. The van der Waals surface area contributed by atoms with Crippen LogP contribution < -0.4 is 11.1 Å². The Morgan fingerprint density at radius 1 is 1.50 bits per heavy atom. The lowest BCUT2D eigenvalue weighted by Crippen LogP contribution is -2.46. The minimum Gasteiger partial charge on any atom is -0.287 e. The van der Waals surface area contributed by atoms with Crippen molar-refractivity contribution >= 4 is 5.84 Å². The maximum Gasteiger partial charge on any atom is 0.270 e. The van der Waals surface area contributed by atoms with Gasteiger partial charge < -0.3 is 0 Å². The molecule has 0 bridgehead atoms. The summed E-state index contributed by atoms with van der Waals surface area (Å²) in [6.07, 6.45) is 2.23. The molecular weight excluding hydrogens is 148 g/mol. The first-order valence-electron chi connectivity index (χ1n) is 4.21. The van der Waals surface area contributed by atoms with E-state index in [1.54, 1.807) is 0 Å². The predicted molar refractivity (Wildman–Crippen MR) is 50.7 cm³/mol. The second kappa shape index (κ2) is 3.90. The monoisotopic (exact) mass is 163 g/mol. The largest absolute Gasteiger partial charge is 0.287 e. The van der Waals surface area contributed by atoms with E-state index in [9.17, 15) is 0 Å². The molecule has 4 N–H and O–H groups in total. The highest BCUT2D eigenvalue weighted by Crippen LogP contribution is 2.05. The van der Waals surface area contributed by atoms with Crippen molar-refractivity contribution in [3.05, 3.63) is 35.4 Å². The summed E-state index contributed by atoms with van der Waals surface area (Å²) >= 11 is 0. The summed E-state index contributed by atoms with van der Waals surface area (Å²) < 4.78 is 0. The van der Waals surface area contributed by atoms with Gasteiger partial charge in [0.1, 0.15) is 0 Å². The van der Waals surface area contributed by atoms with E-state index >= 15 is 0 Å². The SMILES string of the molecule is CCCc1cccc(C(N)=[NH2+])c1. The summed E-state index contributed by atoms with van der Waals surface area (Å²) in [7, 11) is 0. The lowest BCUT2D eigenvalue weighted by Gasteiger charge is -1.99. The molecule has 2 nitrogen and oxygen atoms in total. The molecule has 0 heterocycles. The molecule has 12 heavy (non-hydrogen) atoms. The van der Waals surface area contributed by atoms with E-state index in [1.807, 2.05) is 18.2 Å². The summed E-state index contributed by atoms with van der Waals surface area (Å²) in [6, 6.07) is 8.04. The highest BCUT2D eigenvalue weighted by atomic mass is 14.7. The predicted octanol–water partition coefficient (Wildman–Crippen LogP) is 0.104. The second-order valence-electron chi connectivity index (χ2n) is 2.91. The summed E-state index contributed by atoms with van der Waals surface area (Å²) in [5, 5.41) is 5.47. The molecule has 0 aliphatic carbocycles. The Hall–Kier alpha value is -1.31. The second-order valence-corrected chi connectivity index (χ2v) is 2.91. The van der Waals surface area contributed by atoms with Crippen molar-refractivity contribution in [2.24, 2.45) is 5.73 Å². The number of aryl methyl sites for hydroxylation is 1. The zero-order valence-electron chi connectivity index (χ0n) is 7.38. The van der Waals surface area contributed by atoms with Crippen molar-refractivity contribution in [3.8, 4) is 0 Å². The lowest BCUT2D eigenvalue weighted by atomic mass is 10.1. The van der Waals surface area contributed by atoms with Crippen LogP contribution in [0.2, 0.25) is 0 Å². The summed E-state index contributed by atoms with van der Waals surface area (Å²) in [4.78, 5) is 0. The Morgan fingerprint density at radius 2 is 2.25 bits per heavy atom. The van der Waals surface area contributed by atoms with E-state index in [0.717, 1.165) is 18.4 Å². The van der Waals surface area contributed by atoms with E-state index in [2.05, 4.69) is 13.0 Å². The van der Waals surface area contributed by atoms with E-state index in [1.165, 1.54) is 5.56 Å². The molecule has 0 aliphatic heterocycles. The fourth-order valence-corrected chi connectivity index (χ4v) is 1.20. The Kier molecular flexibility index (Phi) is 2.86. The summed E-state index contributed by atoms with van der Waals surface area (Å²) in [6.45, 7) is 2.15. The van der Waals surface area contributed by atoms with Gasteiger partial charge in [0.05, 0.1) is 5.56 Å². The third-order valence-corrected chi connectivity index (χ3v) is 1.80. The number of hydrogen-bond donors (Lipinski definition) is 2. The Bertz CT molecular complexity index is 279. The highest BCUT2D eigenvalue weighted by Gasteiger charge is 2.00. The van der Waals surface area contributed by atoms with Crippen LogP contribution in [0.1, 0.15) is 24.5 Å². The maximum absolute atomic E-state index is 5.47.